The zero-order chi connectivity index (χ0) is 8.10. The minimum atomic E-state index is 0.202. The van der Waals surface area contributed by atoms with Gasteiger partial charge in [0.1, 0.15) is 0 Å². The second-order valence-corrected chi connectivity index (χ2v) is 3.47. The Morgan fingerprint density at radius 3 is 3.09 bits per heavy atom. The van der Waals surface area contributed by atoms with Gasteiger partial charge >= 0.3 is 0 Å². The van der Waals surface area contributed by atoms with Crippen molar-refractivity contribution < 1.29 is 0 Å². The van der Waals surface area contributed by atoms with Crippen molar-refractivity contribution in [2.75, 3.05) is 0 Å². The van der Waals surface area contributed by atoms with Gasteiger partial charge in [0.25, 0.3) is 0 Å². The number of nitrogens with two attached hydrogens (primary N) is 1. The van der Waals surface area contributed by atoms with Crippen LogP contribution < -0.4 is 5.73 Å². The number of rotatable bonds is 4. The zero-order valence-electron chi connectivity index (χ0n) is 6.49. The molecule has 0 radical (unpaired) electrons. The van der Waals surface area contributed by atoms with Crippen LogP contribution in [0, 0.1) is 0 Å². The number of allylic oxidation sites excluding steroid dienone is 1. The molecule has 0 saturated carbocycles. The quantitative estimate of drug-likeness (QED) is 0.685. The number of hydrogen-bond donors (Lipinski definition) is 1. The molecule has 0 aliphatic heterocycles. The maximum Gasteiger partial charge on any atom is 0.0392 e. The van der Waals surface area contributed by atoms with E-state index < -0.39 is 0 Å². The van der Waals surface area contributed by atoms with Crippen molar-refractivity contribution in [3.63, 3.8) is 0 Å². The Bertz CT molecular complexity index is 203. The van der Waals surface area contributed by atoms with Gasteiger partial charge in [-0.1, -0.05) is 12.1 Å². The Balaban J connectivity index is 2.42. The molecule has 11 heavy (non-hydrogen) atoms. The summed E-state index contributed by atoms with van der Waals surface area (Å²) in [6, 6.07) is 4.32. The highest BCUT2D eigenvalue weighted by atomic mass is 32.1. The molecule has 1 heterocycles. The van der Waals surface area contributed by atoms with E-state index in [9.17, 15) is 0 Å². The van der Waals surface area contributed by atoms with Crippen LogP contribution in [0.3, 0.4) is 0 Å². The van der Waals surface area contributed by atoms with Gasteiger partial charge in [-0.15, -0.1) is 17.9 Å². The molecule has 1 unspecified atom stereocenters. The fourth-order valence-corrected chi connectivity index (χ4v) is 1.71. The van der Waals surface area contributed by atoms with E-state index in [2.05, 4.69) is 18.0 Å². The van der Waals surface area contributed by atoms with Crippen LogP contribution in [0.5, 0.6) is 0 Å². The lowest BCUT2D eigenvalue weighted by Gasteiger charge is -2.06. The standard InChI is InChI=1S/C9H13NS/c1-2-3-5-8(10)9-6-4-7-11-9/h2,4,6-8H,1,3,5,10H2. The average Bonchev–Trinajstić information content (AvgIpc) is 2.52. The third-order valence-corrected chi connectivity index (χ3v) is 2.59. The van der Waals surface area contributed by atoms with Crippen molar-refractivity contribution in [2.45, 2.75) is 18.9 Å². The van der Waals surface area contributed by atoms with E-state index in [1.165, 1.54) is 4.88 Å². The van der Waals surface area contributed by atoms with Crippen molar-refractivity contribution in [3.8, 4) is 0 Å². The van der Waals surface area contributed by atoms with Crippen LogP contribution in [-0.4, -0.2) is 0 Å². The lowest BCUT2D eigenvalue weighted by atomic mass is 10.1. The Labute approximate surface area is 71.5 Å². The SMILES string of the molecule is C=CCCC(N)c1cccs1. The molecule has 1 aromatic heterocycles. The highest BCUT2D eigenvalue weighted by Gasteiger charge is 2.04. The van der Waals surface area contributed by atoms with Crippen molar-refractivity contribution in [1.82, 2.24) is 0 Å². The van der Waals surface area contributed by atoms with Gasteiger partial charge in [-0.3, -0.25) is 0 Å². The van der Waals surface area contributed by atoms with E-state index in [1.54, 1.807) is 11.3 Å². The fraction of sp³-hybridized carbons (Fsp3) is 0.333. The molecule has 0 saturated heterocycles. The Kier molecular flexibility index (Phi) is 3.33. The predicted octanol–water partition coefficient (Wildman–Crippen LogP) is 2.71. The van der Waals surface area contributed by atoms with Gasteiger partial charge in [-0.05, 0) is 24.3 Å². The number of hydrogen-bond acceptors (Lipinski definition) is 2. The van der Waals surface area contributed by atoms with E-state index in [1.807, 2.05) is 12.1 Å². The van der Waals surface area contributed by atoms with Gasteiger partial charge in [0.05, 0.1) is 0 Å². The smallest absolute Gasteiger partial charge is 0.0392 e. The van der Waals surface area contributed by atoms with Gasteiger partial charge in [0.15, 0.2) is 0 Å². The summed E-state index contributed by atoms with van der Waals surface area (Å²) in [5.41, 5.74) is 5.89. The minimum Gasteiger partial charge on any atom is -0.323 e. The van der Waals surface area contributed by atoms with Gasteiger partial charge in [0, 0.05) is 10.9 Å². The van der Waals surface area contributed by atoms with E-state index in [-0.39, 0.29) is 6.04 Å². The summed E-state index contributed by atoms with van der Waals surface area (Å²) in [7, 11) is 0. The Morgan fingerprint density at radius 2 is 2.55 bits per heavy atom. The molecule has 0 aliphatic carbocycles. The summed E-state index contributed by atoms with van der Waals surface area (Å²) in [5.74, 6) is 0. The second kappa shape index (κ2) is 4.31. The summed E-state index contributed by atoms with van der Waals surface area (Å²) in [6.45, 7) is 3.66. The summed E-state index contributed by atoms with van der Waals surface area (Å²) >= 11 is 1.72. The number of thiophene rings is 1. The average molecular weight is 167 g/mol. The van der Waals surface area contributed by atoms with Crippen LogP contribution in [0.1, 0.15) is 23.8 Å². The lowest BCUT2D eigenvalue weighted by Crippen LogP contribution is -2.07. The first-order chi connectivity index (χ1) is 5.34. The van der Waals surface area contributed by atoms with Crippen LogP contribution in [0.25, 0.3) is 0 Å². The monoisotopic (exact) mass is 167 g/mol. The molecule has 1 nitrogen and oxygen atoms in total. The Hall–Kier alpha value is -0.600. The van der Waals surface area contributed by atoms with Gasteiger partial charge in [-0.2, -0.15) is 0 Å². The first-order valence-electron chi connectivity index (χ1n) is 3.74. The predicted molar refractivity (Wildman–Crippen MR) is 50.7 cm³/mol. The summed E-state index contributed by atoms with van der Waals surface area (Å²) in [4.78, 5) is 1.27. The molecule has 0 aliphatic rings. The van der Waals surface area contributed by atoms with Crippen molar-refractivity contribution >= 4 is 11.3 Å². The topological polar surface area (TPSA) is 26.0 Å². The van der Waals surface area contributed by atoms with E-state index in [0.717, 1.165) is 12.8 Å². The van der Waals surface area contributed by atoms with Crippen molar-refractivity contribution in [2.24, 2.45) is 5.73 Å². The molecule has 0 fully saturated rings. The van der Waals surface area contributed by atoms with Gasteiger partial charge in [-0.25, -0.2) is 0 Å². The van der Waals surface area contributed by atoms with Crippen LogP contribution in [0.4, 0.5) is 0 Å². The molecule has 0 aromatic carbocycles. The van der Waals surface area contributed by atoms with Crippen molar-refractivity contribution in [3.05, 3.63) is 35.0 Å². The molecular weight excluding hydrogens is 154 g/mol. The van der Waals surface area contributed by atoms with E-state index >= 15 is 0 Å². The Morgan fingerprint density at radius 1 is 1.73 bits per heavy atom. The molecular formula is C9H13NS. The molecule has 2 heteroatoms. The molecule has 0 bridgehead atoms. The fourth-order valence-electron chi connectivity index (χ4n) is 0.942. The molecule has 1 aromatic rings. The second-order valence-electron chi connectivity index (χ2n) is 2.49. The molecule has 1 rings (SSSR count). The molecule has 0 amide bonds. The summed E-state index contributed by atoms with van der Waals surface area (Å²) in [5, 5.41) is 2.06. The van der Waals surface area contributed by atoms with Crippen LogP contribution in [0.15, 0.2) is 30.2 Å². The van der Waals surface area contributed by atoms with E-state index in [0.29, 0.717) is 0 Å². The van der Waals surface area contributed by atoms with Crippen LogP contribution in [0.2, 0.25) is 0 Å². The molecule has 1 atom stereocenters. The zero-order valence-corrected chi connectivity index (χ0v) is 7.31. The molecule has 60 valence electrons. The first kappa shape index (κ1) is 8.50. The highest BCUT2D eigenvalue weighted by molar-refractivity contribution is 7.10. The van der Waals surface area contributed by atoms with Gasteiger partial charge in [0.2, 0.25) is 0 Å². The first-order valence-corrected chi connectivity index (χ1v) is 4.62. The van der Waals surface area contributed by atoms with Crippen LogP contribution >= 0.6 is 11.3 Å². The summed E-state index contributed by atoms with van der Waals surface area (Å²) in [6.07, 6.45) is 3.91. The van der Waals surface area contributed by atoms with E-state index in [4.69, 9.17) is 5.73 Å². The molecule has 2 N–H and O–H groups in total. The van der Waals surface area contributed by atoms with Crippen LogP contribution in [-0.2, 0) is 0 Å². The largest absolute Gasteiger partial charge is 0.323 e. The lowest BCUT2D eigenvalue weighted by molar-refractivity contribution is 0.673. The third-order valence-electron chi connectivity index (χ3n) is 1.59. The van der Waals surface area contributed by atoms with Crippen molar-refractivity contribution in [1.29, 1.82) is 0 Å². The molecule has 0 spiro atoms. The highest BCUT2D eigenvalue weighted by Crippen LogP contribution is 2.20. The maximum atomic E-state index is 5.89. The summed E-state index contributed by atoms with van der Waals surface area (Å²) < 4.78 is 0. The minimum absolute atomic E-state index is 0.202. The normalized spacial score (nSPS) is 12.8. The third kappa shape index (κ3) is 2.48. The van der Waals surface area contributed by atoms with Gasteiger partial charge < -0.3 is 5.73 Å². The maximum absolute atomic E-state index is 5.89.